The van der Waals surface area contributed by atoms with E-state index in [2.05, 4.69) is 52.3 Å². The Morgan fingerprint density at radius 2 is 2.25 bits per heavy atom. The van der Waals surface area contributed by atoms with E-state index in [1.807, 2.05) is 0 Å². The van der Waals surface area contributed by atoms with Crippen LogP contribution in [0.1, 0.15) is 44.3 Å². The molecule has 0 spiro atoms. The lowest BCUT2D eigenvalue weighted by atomic mass is 10.1. The Labute approximate surface area is 109 Å². The van der Waals surface area contributed by atoms with Crippen LogP contribution in [-0.4, -0.2) is 15.6 Å². The van der Waals surface area contributed by atoms with Crippen LogP contribution < -0.4 is 0 Å². The normalized spacial score (nSPS) is 32.2. The zero-order valence-electron chi connectivity index (χ0n) is 9.48. The molecule has 3 rings (SSSR count). The van der Waals surface area contributed by atoms with Gasteiger partial charge in [-0.1, -0.05) is 0 Å². The maximum atomic E-state index is 11.7. The molecule has 1 unspecified atom stereocenters. The van der Waals surface area contributed by atoms with Crippen LogP contribution in [0.15, 0.2) is 6.07 Å². The smallest absolute Gasteiger partial charge is 0.136 e. The summed E-state index contributed by atoms with van der Waals surface area (Å²) in [6.45, 7) is 4.29. The first-order valence-corrected chi connectivity index (χ1v) is 6.95. The number of aromatic nitrogens is 2. The van der Waals surface area contributed by atoms with Crippen LogP contribution >= 0.6 is 22.6 Å². The van der Waals surface area contributed by atoms with Crippen molar-refractivity contribution < 1.29 is 4.79 Å². The molecule has 0 N–H and O–H groups in total. The van der Waals surface area contributed by atoms with Gasteiger partial charge in [-0.25, -0.2) is 0 Å². The Morgan fingerprint density at radius 1 is 1.50 bits per heavy atom. The molecule has 4 heteroatoms. The summed E-state index contributed by atoms with van der Waals surface area (Å²) in [6, 6.07) is 2.53. The van der Waals surface area contributed by atoms with Crippen LogP contribution in [0.5, 0.6) is 0 Å². The second-order valence-electron chi connectivity index (χ2n) is 5.15. The Bertz CT molecular complexity index is 452. The summed E-state index contributed by atoms with van der Waals surface area (Å²) in [7, 11) is 0. The molecule has 2 fully saturated rings. The van der Waals surface area contributed by atoms with Crippen LogP contribution in [0.2, 0.25) is 0 Å². The average Bonchev–Trinajstić information content (AvgIpc) is 2.61. The zero-order valence-corrected chi connectivity index (χ0v) is 11.6. The van der Waals surface area contributed by atoms with Gasteiger partial charge in [-0.15, -0.1) is 0 Å². The molecule has 0 amide bonds. The third kappa shape index (κ3) is 1.45. The SMILES string of the molecule is CC(C)n1nc(I)cc1C1[C@H]2CCC(=O)[C@@H]12. The van der Waals surface area contributed by atoms with Crippen molar-refractivity contribution in [3.05, 3.63) is 15.5 Å². The minimum atomic E-state index is 0.324. The maximum Gasteiger partial charge on any atom is 0.136 e. The first kappa shape index (κ1) is 10.7. The number of fused-ring (bicyclic) bond motifs is 1. The molecular formula is C12H15IN2O. The van der Waals surface area contributed by atoms with E-state index >= 15 is 0 Å². The molecule has 0 aliphatic heterocycles. The van der Waals surface area contributed by atoms with Crippen LogP contribution in [-0.2, 0) is 4.79 Å². The number of halogens is 1. The van der Waals surface area contributed by atoms with Gasteiger partial charge in [0, 0.05) is 30.0 Å². The van der Waals surface area contributed by atoms with E-state index in [0.717, 1.165) is 16.5 Å². The van der Waals surface area contributed by atoms with E-state index in [9.17, 15) is 4.79 Å². The highest BCUT2D eigenvalue weighted by molar-refractivity contribution is 14.1. The van der Waals surface area contributed by atoms with Crippen molar-refractivity contribution in [2.24, 2.45) is 11.8 Å². The highest BCUT2D eigenvalue weighted by Crippen LogP contribution is 2.61. The van der Waals surface area contributed by atoms with Crippen molar-refractivity contribution in [3.8, 4) is 0 Å². The highest BCUT2D eigenvalue weighted by atomic mass is 127. The summed E-state index contributed by atoms with van der Waals surface area (Å²) in [5, 5.41) is 4.52. The van der Waals surface area contributed by atoms with Crippen LogP contribution in [0.25, 0.3) is 0 Å². The van der Waals surface area contributed by atoms with Crippen molar-refractivity contribution >= 4 is 28.4 Å². The zero-order chi connectivity index (χ0) is 11.4. The number of carbonyl (C=O) groups excluding carboxylic acids is 1. The monoisotopic (exact) mass is 330 g/mol. The molecule has 1 aromatic heterocycles. The van der Waals surface area contributed by atoms with Gasteiger partial charge < -0.3 is 0 Å². The lowest BCUT2D eigenvalue weighted by Gasteiger charge is -2.11. The summed E-state index contributed by atoms with van der Waals surface area (Å²) in [5.74, 6) is 1.89. The van der Waals surface area contributed by atoms with E-state index < -0.39 is 0 Å². The second-order valence-corrected chi connectivity index (χ2v) is 6.26. The van der Waals surface area contributed by atoms with Crippen molar-refractivity contribution in [1.82, 2.24) is 9.78 Å². The van der Waals surface area contributed by atoms with E-state index in [-0.39, 0.29) is 0 Å². The molecule has 0 aromatic carbocycles. The molecule has 0 bridgehead atoms. The van der Waals surface area contributed by atoms with Gasteiger partial charge in [0.2, 0.25) is 0 Å². The summed E-state index contributed by atoms with van der Waals surface area (Å²) in [5.41, 5.74) is 1.28. The lowest BCUT2D eigenvalue weighted by molar-refractivity contribution is -0.119. The van der Waals surface area contributed by atoms with Crippen molar-refractivity contribution in [2.75, 3.05) is 0 Å². The predicted octanol–water partition coefficient (Wildman–Crippen LogP) is 2.76. The van der Waals surface area contributed by atoms with Gasteiger partial charge in [0.25, 0.3) is 0 Å². The first-order chi connectivity index (χ1) is 7.59. The fourth-order valence-electron chi connectivity index (χ4n) is 3.09. The van der Waals surface area contributed by atoms with E-state index in [1.54, 1.807) is 0 Å². The van der Waals surface area contributed by atoms with Crippen molar-refractivity contribution in [2.45, 2.75) is 38.6 Å². The molecule has 0 saturated heterocycles. The molecular weight excluding hydrogens is 315 g/mol. The fraction of sp³-hybridized carbons (Fsp3) is 0.667. The minimum Gasteiger partial charge on any atom is -0.299 e. The molecule has 1 heterocycles. The Hall–Kier alpha value is -0.390. The number of hydrogen-bond acceptors (Lipinski definition) is 2. The van der Waals surface area contributed by atoms with Gasteiger partial charge in [0.05, 0.1) is 0 Å². The van der Waals surface area contributed by atoms with E-state index in [4.69, 9.17) is 0 Å². The van der Waals surface area contributed by atoms with E-state index in [0.29, 0.717) is 29.6 Å². The largest absolute Gasteiger partial charge is 0.299 e. The quantitative estimate of drug-likeness (QED) is 0.782. The van der Waals surface area contributed by atoms with E-state index in [1.165, 1.54) is 5.69 Å². The van der Waals surface area contributed by atoms with Gasteiger partial charge in [-0.3, -0.25) is 9.48 Å². The minimum absolute atomic E-state index is 0.324. The molecule has 2 aliphatic carbocycles. The molecule has 1 aromatic rings. The summed E-state index contributed by atoms with van der Waals surface area (Å²) < 4.78 is 3.14. The topological polar surface area (TPSA) is 34.9 Å². The Kier molecular flexibility index (Phi) is 2.38. The van der Waals surface area contributed by atoms with Crippen molar-refractivity contribution in [1.29, 1.82) is 0 Å². The van der Waals surface area contributed by atoms with Crippen molar-refractivity contribution in [3.63, 3.8) is 0 Å². The number of ketones is 1. The van der Waals surface area contributed by atoms with Gasteiger partial charge in [0.15, 0.2) is 0 Å². The number of Topliss-reactive ketones (excluding diaryl/α,β-unsaturated/α-hetero) is 1. The van der Waals surface area contributed by atoms with Gasteiger partial charge in [-0.05, 0) is 54.8 Å². The molecule has 86 valence electrons. The van der Waals surface area contributed by atoms with Crippen LogP contribution in [0.4, 0.5) is 0 Å². The average molecular weight is 330 g/mol. The summed E-state index contributed by atoms with van der Waals surface area (Å²) in [6.07, 6.45) is 1.90. The molecule has 2 aliphatic rings. The summed E-state index contributed by atoms with van der Waals surface area (Å²) in [4.78, 5) is 11.7. The molecule has 3 atom stereocenters. The Morgan fingerprint density at radius 3 is 2.81 bits per heavy atom. The maximum absolute atomic E-state index is 11.7. The summed E-state index contributed by atoms with van der Waals surface area (Å²) >= 11 is 2.25. The third-order valence-corrected chi connectivity index (χ3v) is 4.36. The predicted molar refractivity (Wildman–Crippen MR) is 69.3 cm³/mol. The standard InChI is InChI=1S/C12H15IN2O/c1-6(2)15-8(5-10(13)14-15)11-7-3-4-9(16)12(7)11/h5-7,11-12H,3-4H2,1-2H3/t7-,11?,12+/m1/s1. The number of rotatable bonds is 2. The lowest BCUT2D eigenvalue weighted by Crippen LogP contribution is -2.09. The highest BCUT2D eigenvalue weighted by Gasteiger charge is 2.59. The first-order valence-electron chi connectivity index (χ1n) is 5.87. The third-order valence-electron chi connectivity index (χ3n) is 3.83. The number of carbonyl (C=O) groups is 1. The number of hydrogen-bond donors (Lipinski definition) is 0. The Balaban J connectivity index is 1.94. The van der Waals surface area contributed by atoms with Crippen LogP contribution in [0, 0.1) is 15.5 Å². The molecule has 16 heavy (non-hydrogen) atoms. The molecule has 0 radical (unpaired) electrons. The molecule has 2 saturated carbocycles. The van der Waals surface area contributed by atoms with Gasteiger partial charge in [0.1, 0.15) is 9.48 Å². The van der Waals surface area contributed by atoms with Gasteiger partial charge >= 0.3 is 0 Å². The second kappa shape index (κ2) is 3.55. The van der Waals surface area contributed by atoms with Gasteiger partial charge in [-0.2, -0.15) is 5.10 Å². The number of nitrogens with zero attached hydrogens (tertiary/aromatic N) is 2. The van der Waals surface area contributed by atoms with Crippen LogP contribution in [0.3, 0.4) is 0 Å². The molecule has 3 nitrogen and oxygen atoms in total. The fourth-order valence-corrected chi connectivity index (χ4v) is 3.64.